The van der Waals surface area contributed by atoms with Crippen LogP contribution in [0.25, 0.3) is 83.6 Å². The highest BCUT2D eigenvalue weighted by atomic mass is 15.3. The maximum Gasteiger partial charge on any atom is 0.240 e. The first-order chi connectivity index (χ1) is 32.5. The number of allylic oxidation sites excluding steroid dienone is 5. The summed E-state index contributed by atoms with van der Waals surface area (Å²) in [5.74, 6) is 1.73. The monoisotopic (exact) mass is 868 g/mol. The minimum Gasteiger partial charge on any atom is -0.337 e. The summed E-state index contributed by atoms with van der Waals surface area (Å²) in [6, 6.07) is 58.8. The Bertz CT molecular complexity index is 3490. The number of aromatic nitrogens is 5. The van der Waals surface area contributed by atoms with Gasteiger partial charge in [0.2, 0.25) is 11.9 Å². The fourth-order valence-electron chi connectivity index (χ4n) is 10.4. The second-order valence-corrected chi connectivity index (χ2v) is 20.1. The molecule has 7 aromatic carbocycles. The molecule has 67 heavy (non-hydrogen) atoms. The maximum atomic E-state index is 5.45. The molecule has 326 valence electrons. The molecule has 10 aromatic rings. The van der Waals surface area contributed by atoms with Gasteiger partial charge in [0.15, 0.2) is 5.82 Å². The first kappa shape index (κ1) is 40.7. The van der Waals surface area contributed by atoms with Crippen molar-refractivity contribution in [1.29, 1.82) is 0 Å². The third kappa shape index (κ3) is 6.81. The van der Waals surface area contributed by atoms with Gasteiger partial charge in [0.05, 0.1) is 22.1 Å². The molecule has 6 heteroatoms. The van der Waals surface area contributed by atoms with E-state index >= 15 is 0 Å². The summed E-state index contributed by atoms with van der Waals surface area (Å²) in [5.41, 5.74) is 16.5. The molecule has 12 rings (SSSR count). The van der Waals surface area contributed by atoms with E-state index in [-0.39, 0.29) is 10.8 Å². The van der Waals surface area contributed by atoms with E-state index in [0.717, 1.165) is 79.0 Å². The average molecular weight is 869 g/mol. The van der Waals surface area contributed by atoms with Crippen LogP contribution in [0.1, 0.15) is 64.7 Å². The summed E-state index contributed by atoms with van der Waals surface area (Å²) in [4.78, 5) is 18.8. The van der Waals surface area contributed by atoms with Crippen LogP contribution in [0.5, 0.6) is 0 Å². The van der Waals surface area contributed by atoms with E-state index in [9.17, 15) is 0 Å². The van der Waals surface area contributed by atoms with Gasteiger partial charge >= 0.3 is 0 Å². The van der Waals surface area contributed by atoms with Gasteiger partial charge in [-0.15, -0.1) is 0 Å². The lowest BCUT2D eigenvalue weighted by Crippen LogP contribution is -2.27. The Morgan fingerprint density at radius 1 is 0.463 bits per heavy atom. The minimum absolute atomic E-state index is 0.0352. The van der Waals surface area contributed by atoms with Gasteiger partial charge in [0.25, 0.3) is 0 Å². The molecule has 0 spiro atoms. The van der Waals surface area contributed by atoms with Gasteiger partial charge < -0.3 is 4.90 Å². The highest BCUT2D eigenvalue weighted by Gasteiger charge is 2.29. The smallest absolute Gasteiger partial charge is 0.240 e. The summed E-state index contributed by atoms with van der Waals surface area (Å²) in [7, 11) is 0. The molecule has 0 N–H and O–H groups in total. The van der Waals surface area contributed by atoms with Crippen molar-refractivity contribution in [3.8, 4) is 34.4 Å². The molecule has 0 bridgehead atoms. The number of para-hydroxylation sites is 4. The van der Waals surface area contributed by atoms with E-state index in [4.69, 9.17) is 15.0 Å². The van der Waals surface area contributed by atoms with E-state index < -0.39 is 0 Å². The van der Waals surface area contributed by atoms with Crippen molar-refractivity contribution < 1.29 is 0 Å². The normalized spacial score (nSPS) is 14.2. The Labute approximate surface area is 391 Å². The molecule has 1 aliphatic heterocycles. The fraction of sp³-hybridized carbons (Fsp3) is 0.164. The highest BCUT2D eigenvalue weighted by Crippen LogP contribution is 2.44. The predicted molar refractivity (Wildman–Crippen MR) is 279 cm³/mol. The first-order valence-corrected chi connectivity index (χ1v) is 23.5. The third-order valence-corrected chi connectivity index (χ3v) is 13.9. The molecule has 0 saturated heterocycles. The van der Waals surface area contributed by atoms with Gasteiger partial charge in [-0.25, -0.2) is 0 Å². The van der Waals surface area contributed by atoms with Crippen LogP contribution in [-0.2, 0) is 12.0 Å². The summed E-state index contributed by atoms with van der Waals surface area (Å²) in [6.07, 6.45) is 8.02. The van der Waals surface area contributed by atoms with Crippen molar-refractivity contribution in [2.24, 2.45) is 5.41 Å². The fourth-order valence-corrected chi connectivity index (χ4v) is 10.4. The van der Waals surface area contributed by atoms with Crippen LogP contribution in [0.4, 0.5) is 5.69 Å². The molecule has 0 saturated carbocycles. The van der Waals surface area contributed by atoms with Gasteiger partial charge in [0.1, 0.15) is 0 Å². The van der Waals surface area contributed by atoms with Gasteiger partial charge in [-0.05, 0) is 98.7 Å². The summed E-state index contributed by atoms with van der Waals surface area (Å²) < 4.78 is 4.39. The molecule has 3 aromatic heterocycles. The molecule has 1 aliphatic carbocycles. The van der Waals surface area contributed by atoms with Crippen LogP contribution >= 0.6 is 0 Å². The Morgan fingerprint density at radius 3 is 1.55 bits per heavy atom. The third-order valence-electron chi connectivity index (χ3n) is 13.9. The summed E-state index contributed by atoms with van der Waals surface area (Å²) in [6.45, 7) is 14.6. The first-order valence-electron chi connectivity index (χ1n) is 23.5. The Morgan fingerprint density at radius 2 is 1.00 bits per heavy atom. The number of rotatable bonds is 5. The molecular weight excluding hydrogens is 817 g/mol. The van der Waals surface area contributed by atoms with Crippen LogP contribution < -0.4 is 4.90 Å². The molecule has 0 atom stereocenters. The quantitative estimate of drug-likeness (QED) is 0.173. The Kier molecular flexibility index (Phi) is 9.34. The zero-order chi connectivity index (χ0) is 45.6. The second-order valence-electron chi connectivity index (χ2n) is 20.1. The van der Waals surface area contributed by atoms with Crippen molar-refractivity contribution in [2.45, 2.75) is 59.9 Å². The molecule has 0 fully saturated rings. The highest BCUT2D eigenvalue weighted by molar-refractivity contribution is 6.10. The van der Waals surface area contributed by atoms with Crippen LogP contribution in [-0.4, -0.2) is 24.1 Å². The number of benzene rings is 7. The minimum atomic E-state index is 0.0352. The van der Waals surface area contributed by atoms with E-state index in [1.165, 1.54) is 33.5 Å². The van der Waals surface area contributed by atoms with E-state index in [1.807, 2.05) is 0 Å². The van der Waals surface area contributed by atoms with Crippen molar-refractivity contribution in [2.75, 3.05) is 4.90 Å². The molecular formula is C61H52N6. The number of nitrogens with zero attached hydrogens (tertiary/aromatic N) is 6. The molecule has 2 aliphatic rings. The molecule has 0 unspecified atom stereocenters. The van der Waals surface area contributed by atoms with Gasteiger partial charge in [-0.1, -0.05) is 181 Å². The molecule has 4 heterocycles. The van der Waals surface area contributed by atoms with Crippen LogP contribution in [0.15, 0.2) is 193 Å². The van der Waals surface area contributed by atoms with Crippen LogP contribution in [0, 0.1) is 5.41 Å². The zero-order valence-corrected chi connectivity index (χ0v) is 38.9. The summed E-state index contributed by atoms with van der Waals surface area (Å²) in [5, 5.41) is 4.60. The van der Waals surface area contributed by atoms with E-state index in [2.05, 4.69) is 238 Å². The zero-order valence-electron chi connectivity index (χ0n) is 38.9. The lowest BCUT2D eigenvalue weighted by Gasteiger charge is -2.35. The van der Waals surface area contributed by atoms with Crippen LogP contribution in [0.3, 0.4) is 0 Å². The van der Waals surface area contributed by atoms with Crippen molar-refractivity contribution in [1.82, 2.24) is 24.1 Å². The number of fused-ring (bicyclic) bond motifs is 8. The standard InChI is InChI=1S/C61H52N6/c1-60(2,3)41-32-34-49-51-37-42(61(4,5)6)31-30-40(51)38-65(52(49)35-33-41)43-19-17-18-39(36-43)44-20-7-8-25-50(44)57-62-58(66-53-26-13-9-21-45(53)46-22-10-14-27-54(46)66)64-59(63-57)67-55-28-15-11-23-47(55)48-24-12-16-29-56(48)67/h7-33,35-37H,34,38H2,1-6H3. The average Bonchev–Trinajstić information content (AvgIpc) is 3.75. The number of hydrogen-bond donors (Lipinski definition) is 0. The van der Waals surface area contributed by atoms with Gasteiger partial charge in [-0.2, -0.15) is 15.0 Å². The van der Waals surface area contributed by atoms with Crippen molar-refractivity contribution in [3.63, 3.8) is 0 Å². The lowest BCUT2D eigenvalue weighted by molar-refractivity contribution is 0.516. The van der Waals surface area contributed by atoms with Crippen LogP contribution in [0.2, 0.25) is 0 Å². The predicted octanol–water partition coefficient (Wildman–Crippen LogP) is 15.4. The Hall–Kier alpha value is -7.83. The second kappa shape index (κ2) is 15.4. The molecule has 6 nitrogen and oxygen atoms in total. The lowest BCUT2D eigenvalue weighted by atomic mass is 9.82. The SMILES string of the molecule is CC(C)(C)C1=CCC2=C(C=C1)N(c1cccc(-c3ccccc3-c3nc(-n4c5ccccc5c5ccccc54)nc(-n4c5ccccc5c5ccccc54)n3)c1)Cc1ccc(C(C)(C)C)cc12. The van der Waals surface area contributed by atoms with E-state index in [0.29, 0.717) is 17.7 Å². The topological polar surface area (TPSA) is 51.8 Å². The maximum absolute atomic E-state index is 5.45. The van der Waals surface area contributed by atoms with Crippen molar-refractivity contribution in [3.05, 3.63) is 210 Å². The number of hydrogen-bond acceptors (Lipinski definition) is 4. The largest absolute Gasteiger partial charge is 0.337 e. The summed E-state index contributed by atoms with van der Waals surface area (Å²) >= 11 is 0. The Balaban J connectivity index is 1.05. The van der Waals surface area contributed by atoms with Gasteiger partial charge in [0, 0.05) is 45.0 Å². The van der Waals surface area contributed by atoms with E-state index in [1.54, 1.807) is 0 Å². The van der Waals surface area contributed by atoms with Crippen molar-refractivity contribution >= 4 is 54.9 Å². The van der Waals surface area contributed by atoms with Gasteiger partial charge in [-0.3, -0.25) is 9.13 Å². The number of anilines is 1. The molecule has 0 radical (unpaired) electrons. The molecule has 0 amide bonds.